The van der Waals surface area contributed by atoms with Crippen molar-refractivity contribution >= 4 is 29.8 Å². The molecule has 31 heavy (non-hydrogen) atoms. The van der Waals surface area contributed by atoms with Crippen LogP contribution in [0.4, 0.5) is 4.79 Å². The van der Waals surface area contributed by atoms with Crippen LogP contribution in [0.1, 0.15) is 39.2 Å². The lowest BCUT2D eigenvalue weighted by Gasteiger charge is -2.30. The Hall–Kier alpha value is -3.43. The van der Waals surface area contributed by atoms with E-state index in [1.165, 1.54) is 0 Å². The highest BCUT2D eigenvalue weighted by atomic mass is 16.6. The normalized spacial score (nSPS) is 16.5. The fourth-order valence-corrected chi connectivity index (χ4v) is 2.76. The fraction of sp³-hybridized carbons (Fsp3) is 0.476. The number of carbonyl (C=O) groups is 5. The van der Waals surface area contributed by atoms with Crippen LogP contribution in [0.2, 0.25) is 0 Å². The molecular formula is C21H27N3O7. The monoisotopic (exact) mass is 433 g/mol. The van der Waals surface area contributed by atoms with Gasteiger partial charge in [0.15, 0.2) is 0 Å². The van der Waals surface area contributed by atoms with Crippen LogP contribution in [0.15, 0.2) is 30.3 Å². The maximum atomic E-state index is 12.6. The Morgan fingerprint density at radius 1 is 1.13 bits per heavy atom. The molecular weight excluding hydrogens is 406 g/mol. The summed E-state index contributed by atoms with van der Waals surface area (Å²) in [7, 11) is 0. The number of amides is 4. The lowest BCUT2D eigenvalue weighted by molar-refractivity contribution is -0.159. The number of nitrogens with one attached hydrogen (secondary N) is 2. The van der Waals surface area contributed by atoms with Crippen molar-refractivity contribution in [3.8, 4) is 0 Å². The summed E-state index contributed by atoms with van der Waals surface area (Å²) < 4.78 is 10.1. The van der Waals surface area contributed by atoms with E-state index in [1.807, 2.05) is 6.07 Å². The van der Waals surface area contributed by atoms with Crippen LogP contribution < -0.4 is 10.6 Å². The summed E-state index contributed by atoms with van der Waals surface area (Å²) in [4.78, 5) is 61.2. The van der Waals surface area contributed by atoms with Crippen LogP contribution >= 0.6 is 0 Å². The van der Waals surface area contributed by atoms with E-state index in [9.17, 15) is 24.0 Å². The van der Waals surface area contributed by atoms with Crippen molar-refractivity contribution in [1.82, 2.24) is 15.5 Å². The van der Waals surface area contributed by atoms with Gasteiger partial charge in [-0.15, -0.1) is 0 Å². The molecule has 1 fully saturated rings. The summed E-state index contributed by atoms with van der Waals surface area (Å²) in [5.41, 5.74) is 0.0605. The van der Waals surface area contributed by atoms with Crippen molar-refractivity contribution in [1.29, 1.82) is 0 Å². The number of nitrogens with zero attached hydrogens (tertiary/aromatic N) is 1. The lowest BCUT2D eigenvalue weighted by Crippen LogP contribution is -2.56. The first kappa shape index (κ1) is 23.8. The number of imide groups is 1. The molecule has 0 spiro atoms. The molecule has 2 N–H and O–H groups in total. The molecule has 1 heterocycles. The van der Waals surface area contributed by atoms with Gasteiger partial charge in [-0.3, -0.25) is 24.1 Å². The van der Waals surface area contributed by atoms with Gasteiger partial charge >= 0.3 is 12.1 Å². The highest BCUT2D eigenvalue weighted by Crippen LogP contribution is 2.14. The van der Waals surface area contributed by atoms with Gasteiger partial charge in [0.25, 0.3) is 5.91 Å². The zero-order valence-corrected chi connectivity index (χ0v) is 17.8. The molecule has 1 saturated heterocycles. The topological polar surface area (TPSA) is 131 Å². The second-order valence-electron chi connectivity index (χ2n) is 7.98. The summed E-state index contributed by atoms with van der Waals surface area (Å²) in [5.74, 6) is -2.56. The molecule has 1 aliphatic heterocycles. The van der Waals surface area contributed by atoms with E-state index in [0.29, 0.717) is 0 Å². The highest BCUT2D eigenvalue weighted by molar-refractivity contribution is 6.04. The van der Waals surface area contributed by atoms with E-state index < -0.39 is 54.5 Å². The summed E-state index contributed by atoms with van der Waals surface area (Å²) >= 11 is 0. The summed E-state index contributed by atoms with van der Waals surface area (Å²) in [6.45, 7) is 4.14. The Labute approximate surface area is 180 Å². The molecule has 4 amide bonds. The van der Waals surface area contributed by atoms with Crippen LogP contribution in [-0.2, 0) is 35.3 Å². The average Bonchev–Trinajstić information content (AvgIpc) is 2.70. The van der Waals surface area contributed by atoms with Gasteiger partial charge in [0.2, 0.25) is 11.8 Å². The molecule has 0 aromatic heterocycles. The molecule has 0 unspecified atom stereocenters. The Balaban J connectivity index is 1.83. The van der Waals surface area contributed by atoms with Crippen LogP contribution in [0.5, 0.6) is 0 Å². The third-order valence-electron chi connectivity index (χ3n) is 4.17. The first-order valence-corrected chi connectivity index (χ1v) is 9.85. The van der Waals surface area contributed by atoms with Crippen molar-refractivity contribution in [2.45, 2.75) is 51.9 Å². The average molecular weight is 433 g/mol. The Kier molecular flexibility index (Phi) is 8.12. The number of carbonyl (C=O) groups excluding carboxylic acids is 5. The number of piperidine rings is 1. The third kappa shape index (κ3) is 8.07. The van der Waals surface area contributed by atoms with E-state index in [2.05, 4.69) is 10.6 Å². The first-order valence-electron chi connectivity index (χ1n) is 9.85. The third-order valence-corrected chi connectivity index (χ3v) is 4.17. The summed E-state index contributed by atoms with van der Waals surface area (Å²) in [6.07, 6.45) is -0.677. The van der Waals surface area contributed by atoms with Gasteiger partial charge in [0.05, 0.1) is 0 Å². The first-order chi connectivity index (χ1) is 14.5. The number of ether oxygens (including phenoxy) is 2. The molecule has 0 aliphatic carbocycles. The number of hydrogen-bond donors (Lipinski definition) is 2. The predicted molar refractivity (Wildman–Crippen MR) is 108 cm³/mol. The molecule has 0 saturated carbocycles. The van der Waals surface area contributed by atoms with E-state index >= 15 is 0 Å². The van der Waals surface area contributed by atoms with Gasteiger partial charge in [0.1, 0.15) is 31.3 Å². The van der Waals surface area contributed by atoms with Crippen LogP contribution in [0.3, 0.4) is 0 Å². The van der Waals surface area contributed by atoms with Crippen molar-refractivity contribution in [2.24, 2.45) is 0 Å². The molecule has 1 aromatic carbocycles. The van der Waals surface area contributed by atoms with E-state index in [1.54, 1.807) is 45.0 Å². The number of likely N-dealkylation sites (tertiary alicyclic amines) is 1. The number of benzene rings is 1. The predicted octanol–water partition coefficient (Wildman–Crippen LogP) is 0.888. The lowest BCUT2D eigenvalue weighted by atomic mass is 10.0. The summed E-state index contributed by atoms with van der Waals surface area (Å²) in [5, 5.41) is 4.75. The zero-order chi connectivity index (χ0) is 23.0. The van der Waals surface area contributed by atoms with Crippen molar-refractivity contribution in [2.75, 3.05) is 13.1 Å². The minimum atomic E-state index is -0.979. The van der Waals surface area contributed by atoms with Gasteiger partial charge in [-0.2, -0.15) is 0 Å². The number of esters is 1. The smallest absolute Gasteiger partial charge is 0.408 e. The van der Waals surface area contributed by atoms with Crippen molar-refractivity contribution < 1.29 is 33.4 Å². The Morgan fingerprint density at radius 3 is 2.45 bits per heavy atom. The fourth-order valence-electron chi connectivity index (χ4n) is 2.76. The quantitative estimate of drug-likeness (QED) is 0.482. The second kappa shape index (κ2) is 10.6. The molecule has 1 aromatic rings. The number of hydrogen-bond acceptors (Lipinski definition) is 7. The number of alkyl carbamates (subject to hydrolysis) is 1. The molecule has 10 heteroatoms. The largest absolute Gasteiger partial charge is 0.459 e. The van der Waals surface area contributed by atoms with Gasteiger partial charge in [0, 0.05) is 6.42 Å². The van der Waals surface area contributed by atoms with E-state index in [-0.39, 0.29) is 19.4 Å². The Morgan fingerprint density at radius 2 is 1.81 bits per heavy atom. The highest BCUT2D eigenvalue weighted by Gasteiger charge is 2.36. The number of rotatable bonds is 7. The van der Waals surface area contributed by atoms with Crippen LogP contribution in [-0.4, -0.2) is 59.4 Å². The molecule has 0 radical (unpaired) electrons. The molecule has 2 rings (SSSR count). The maximum absolute atomic E-state index is 12.6. The Bertz CT molecular complexity index is 833. The second-order valence-corrected chi connectivity index (χ2v) is 7.98. The van der Waals surface area contributed by atoms with Crippen LogP contribution in [0.25, 0.3) is 0 Å². The van der Waals surface area contributed by atoms with E-state index in [0.717, 1.165) is 10.5 Å². The molecule has 0 bridgehead atoms. The molecule has 1 atom stereocenters. The standard InChI is InChI=1S/C21H27N3O7/c1-21(2,3)31-20(29)22-11-16(25)23-15-9-10-17(26)24(19(15)28)12-18(27)30-13-14-7-5-4-6-8-14/h4-8,15H,9-13H2,1-3H3,(H,22,29)(H,23,25)/t15-/m0/s1. The zero-order valence-electron chi connectivity index (χ0n) is 17.8. The van der Waals surface area contributed by atoms with Gasteiger partial charge in [-0.1, -0.05) is 30.3 Å². The van der Waals surface area contributed by atoms with Gasteiger partial charge in [-0.05, 0) is 32.8 Å². The van der Waals surface area contributed by atoms with Crippen molar-refractivity contribution in [3.63, 3.8) is 0 Å². The van der Waals surface area contributed by atoms with E-state index in [4.69, 9.17) is 9.47 Å². The van der Waals surface area contributed by atoms with Crippen LogP contribution in [0, 0.1) is 0 Å². The SMILES string of the molecule is CC(C)(C)OC(=O)NCC(=O)N[C@H]1CCC(=O)N(CC(=O)OCc2ccccc2)C1=O. The van der Waals surface area contributed by atoms with Gasteiger partial charge in [-0.25, -0.2) is 4.79 Å². The van der Waals surface area contributed by atoms with Crippen molar-refractivity contribution in [3.05, 3.63) is 35.9 Å². The minimum absolute atomic E-state index is 0.0118. The minimum Gasteiger partial charge on any atom is -0.459 e. The maximum Gasteiger partial charge on any atom is 0.408 e. The molecule has 10 nitrogen and oxygen atoms in total. The molecule has 168 valence electrons. The summed E-state index contributed by atoms with van der Waals surface area (Å²) in [6, 6.07) is 8.00. The van der Waals surface area contributed by atoms with Gasteiger partial charge < -0.3 is 20.1 Å². The molecule has 1 aliphatic rings.